The molecule has 6 heteroatoms. The topological polar surface area (TPSA) is 80.5 Å². The lowest BCUT2D eigenvalue weighted by Crippen LogP contribution is -2.30. The standard InChI is InChI=1S/C15H18N4O2/c1-19(13-7-8-17-9-11(13)16)10-15(20)18-12-5-3-4-6-14(12)21-2/h3-9H,10,16H2,1-2H3,(H,18,20). The summed E-state index contributed by atoms with van der Waals surface area (Å²) in [6.45, 7) is 0.173. The van der Waals surface area contributed by atoms with Gasteiger partial charge in [0.1, 0.15) is 5.75 Å². The maximum atomic E-state index is 12.1. The lowest BCUT2D eigenvalue weighted by atomic mass is 10.3. The molecule has 1 aromatic heterocycles. The highest BCUT2D eigenvalue weighted by Crippen LogP contribution is 2.23. The SMILES string of the molecule is COc1ccccc1NC(=O)CN(C)c1ccncc1N. The number of aromatic nitrogens is 1. The minimum Gasteiger partial charge on any atom is -0.495 e. The van der Waals surface area contributed by atoms with Gasteiger partial charge in [-0.25, -0.2) is 0 Å². The monoisotopic (exact) mass is 286 g/mol. The van der Waals surface area contributed by atoms with Crippen molar-refractivity contribution in [1.29, 1.82) is 0 Å². The van der Waals surface area contributed by atoms with E-state index >= 15 is 0 Å². The van der Waals surface area contributed by atoms with E-state index in [0.29, 0.717) is 17.1 Å². The van der Waals surface area contributed by atoms with Crippen LogP contribution in [-0.4, -0.2) is 31.6 Å². The molecule has 6 nitrogen and oxygen atoms in total. The van der Waals surface area contributed by atoms with Gasteiger partial charge in [-0.15, -0.1) is 0 Å². The number of carbonyl (C=O) groups excluding carboxylic acids is 1. The first-order chi connectivity index (χ1) is 10.1. The third kappa shape index (κ3) is 3.62. The summed E-state index contributed by atoms with van der Waals surface area (Å²) in [5.74, 6) is 0.468. The van der Waals surface area contributed by atoms with Crippen molar-refractivity contribution in [3.8, 4) is 5.75 Å². The summed E-state index contributed by atoms with van der Waals surface area (Å²) >= 11 is 0. The molecule has 0 spiro atoms. The van der Waals surface area contributed by atoms with Crippen molar-refractivity contribution in [1.82, 2.24) is 4.98 Å². The molecule has 21 heavy (non-hydrogen) atoms. The second-order valence-electron chi connectivity index (χ2n) is 4.54. The number of nitrogen functional groups attached to an aromatic ring is 1. The van der Waals surface area contributed by atoms with Crippen LogP contribution in [0.2, 0.25) is 0 Å². The number of nitrogens with one attached hydrogen (secondary N) is 1. The first-order valence-corrected chi connectivity index (χ1v) is 6.45. The highest BCUT2D eigenvalue weighted by Gasteiger charge is 2.11. The maximum absolute atomic E-state index is 12.1. The second kappa shape index (κ2) is 6.60. The Bertz CT molecular complexity index is 631. The number of pyridine rings is 1. The van der Waals surface area contributed by atoms with Crippen LogP contribution >= 0.6 is 0 Å². The number of benzene rings is 1. The molecule has 0 bridgehead atoms. The Balaban J connectivity index is 2.03. The van der Waals surface area contributed by atoms with Crippen molar-refractivity contribution in [2.24, 2.45) is 0 Å². The van der Waals surface area contributed by atoms with E-state index in [1.807, 2.05) is 12.1 Å². The van der Waals surface area contributed by atoms with Gasteiger partial charge >= 0.3 is 0 Å². The number of amides is 1. The molecular formula is C15H18N4O2. The van der Waals surface area contributed by atoms with Crippen LogP contribution < -0.4 is 20.7 Å². The Morgan fingerprint density at radius 1 is 1.38 bits per heavy atom. The molecule has 110 valence electrons. The van der Waals surface area contributed by atoms with Gasteiger partial charge in [0.05, 0.1) is 36.9 Å². The molecule has 0 aliphatic heterocycles. The second-order valence-corrected chi connectivity index (χ2v) is 4.54. The Morgan fingerprint density at radius 3 is 2.86 bits per heavy atom. The van der Waals surface area contributed by atoms with Crippen LogP contribution in [-0.2, 0) is 4.79 Å². The third-order valence-electron chi connectivity index (χ3n) is 3.00. The van der Waals surface area contributed by atoms with E-state index in [1.54, 1.807) is 49.7 Å². The van der Waals surface area contributed by atoms with Crippen LogP contribution in [0.5, 0.6) is 5.75 Å². The predicted octanol–water partition coefficient (Wildman–Crippen LogP) is 1.75. The fraction of sp³-hybridized carbons (Fsp3) is 0.200. The van der Waals surface area contributed by atoms with E-state index in [-0.39, 0.29) is 12.5 Å². The van der Waals surface area contributed by atoms with Gasteiger partial charge in [0, 0.05) is 13.2 Å². The zero-order valence-corrected chi connectivity index (χ0v) is 12.0. The zero-order chi connectivity index (χ0) is 15.2. The number of nitrogens with zero attached hydrogens (tertiary/aromatic N) is 2. The molecule has 3 N–H and O–H groups in total. The molecule has 1 amide bonds. The van der Waals surface area contributed by atoms with Gasteiger partial charge in [0.15, 0.2) is 0 Å². The van der Waals surface area contributed by atoms with Gasteiger partial charge in [-0.3, -0.25) is 9.78 Å². The molecule has 1 aromatic carbocycles. The third-order valence-corrected chi connectivity index (χ3v) is 3.00. The number of para-hydroxylation sites is 2. The number of carbonyl (C=O) groups is 1. The van der Waals surface area contributed by atoms with Crippen molar-refractivity contribution in [3.05, 3.63) is 42.7 Å². The summed E-state index contributed by atoms with van der Waals surface area (Å²) in [5, 5.41) is 2.82. The lowest BCUT2D eigenvalue weighted by molar-refractivity contribution is -0.114. The Hall–Kier alpha value is -2.76. The summed E-state index contributed by atoms with van der Waals surface area (Å²) in [4.78, 5) is 17.8. The minimum absolute atomic E-state index is 0.154. The number of rotatable bonds is 5. The van der Waals surface area contributed by atoms with Crippen LogP contribution in [0.15, 0.2) is 42.7 Å². The van der Waals surface area contributed by atoms with Gasteiger partial charge in [-0.2, -0.15) is 0 Å². The predicted molar refractivity (Wildman–Crippen MR) is 83.5 cm³/mol. The Labute approximate surface area is 123 Å². The van der Waals surface area contributed by atoms with Crippen molar-refractivity contribution < 1.29 is 9.53 Å². The molecule has 0 saturated carbocycles. The van der Waals surface area contributed by atoms with Crippen molar-refractivity contribution in [2.75, 3.05) is 36.7 Å². The maximum Gasteiger partial charge on any atom is 0.243 e. The number of likely N-dealkylation sites (N-methyl/N-ethyl adjacent to an activating group) is 1. The molecule has 0 atom stereocenters. The molecule has 0 radical (unpaired) electrons. The van der Waals surface area contributed by atoms with Gasteiger partial charge in [-0.1, -0.05) is 12.1 Å². The van der Waals surface area contributed by atoms with Gasteiger partial charge in [0.2, 0.25) is 5.91 Å². The van der Waals surface area contributed by atoms with E-state index in [1.165, 1.54) is 0 Å². The molecule has 0 unspecified atom stereocenters. The highest BCUT2D eigenvalue weighted by atomic mass is 16.5. The number of anilines is 3. The van der Waals surface area contributed by atoms with Gasteiger partial charge in [0.25, 0.3) is 0 Å². The summed E-state index contributed by atoms with van der Waals surface area (Å²) in [5.41, 5.74) is 7.78. The van der Waals surface area contributed by atoms with Crippen LogP contribution in [0.25, 0.3) is 0 Å². The molecule has 0 saturated heterocycles. The minimum atomic E-state index is -0.154. The summed E-state index contributed by atoms with van der Waals surface area (Å²) in [6, 6.07) is 9.03. The van der Waals surface area contributed by atoms with Gasteiger partial charge < -0.3 is 20.7 Å². The molecule has 2 aromatic rings. The van der Waals surface area contributed by atoms with Crippen LogP contribution in [0, 0.1) is 0 Å². The number of nitrogens with two attached hydrogens (primary N) is 1. The first kappa shape index (κ1) is 14.6. The quantitative estimate of drug-likeness (QED) is 0.875. The van der Waals surface area contributed by atoms with Crippen molar-refractivity contribution in [3.63, 3.8) is 0 Å². The summed E-state index contributed by atoms with van der Waals surface area (Å²) in [6.07, 6.45) is 3.20. The number of hydrogen-bond donors (Lipinski definition) is 2. The van der Waals surface area contributed by atoms with E-state index in [0.717, 1.165) is 5.69 Å². The first-order valence-electron chi connectivity index (χ1n) is 6.45. The number of ether oxygens (including phenoxy) is 1. The molecular weight excluding hydrogens is 268 g/mol. The van der Waals surface area contributed by atoms with Crippen molar-refractivity contribution in [2.45, 2.75) is 0 Å². The largest absolute Gasteiger partial charge is 0.495 e. The number of methoxy groups -OCH3 is 1. The molecule has 2 rings (SSSR count). The van der Waals surface area contributed by atoms with E-state index in [4.69, 9.17) is 10.5 Å². The summed E-state index contributed by atoms with van der Waals surface area (Å²) < 4.78 is 5.20. The molecule has 0 aliphatic carbocycles. The molecule has 0 aliphatic rings. The van der Waals surface area contributed by atoms with Crippen LogP contribution in [0.4, 0.5) is 17.1 Å². The molecule has 1 heterocycles. The van der Waals surface area contributed by atoms with E-state index < -0.39 is 0 Å². The van der Waals surface area contributed by atoms with Crippen molar-refractivity contribution >= 4 is 23.0 Å². The average Bonchev–Trinajstić information content (AvgIpc) is 2.48. The Kier molecular flexibility index (Phi) is 4.61. The lowest BCUT2D eigenvalue weighted by Gasteiger charge is -2.20. The average molecular weight is 286 g/mol. The van der Waals surface area contributed by atoms with Crippen LogP contribution in [0.3, 0.4) is 0 Å². The smallest absolute Gasteiger partial charge is 0.243 e. The molecule has 0 fully saturated rings. The number of hydrogen-bond acceptors (Lipinski definition) is 5. The Morgan fingerprint density at radius 2 is 2.14 bits per heavy atom. The summed E-state index contributed by atoms with van der Waals surface area (Å²) in [7, 11) is 3.36. The highest BCUT2D eigenvalue weighted by molar-refractivity contribution is 5.95. The van der Waals surface area contributed by atoms with Crippen LogP contribution in [0.1, 0.15) is 0 Å². The van der Waals surface area contributed by atoms with Gasteiger partial charge in [-0.05, 0) is 18.2 Å². The fourth-order valence-corrected chi connectivity index (χ4v) is 1.99. The normalized spacial score (nSPS) is 10.0. The van der Waals surface area contributed by atoms with E-state index in [2.05, 4.69) is 10.3 Å². The van der Waals surface area contributed by atoms with E-state index in [9.17, 15) is 4.79 Å². The fourth-order valence-electron chi connectivity index (χ4n) is 1.99. The zero-order valence-electron chi connectivity index (χ0n) is 12.0.